The molecule has 22 heavy (non-hydrogen) atoms. The van der Waals surface area contributed by atoms with Crippen molar-refractivity contribution in [3.63, 3.8) is 0 Å². The summed E-state index contributed by atoms with van der Waals surface area (Å²) in [5, 5.41) is 4.93. The van der Waals surface area contributed by atoms with Gasteiger partial charge in [0.1, 0.15) is 5.82 Å². The second-order valence-electron chi connectivity index (χ2n) is 4.34. The number of amides is 2. The number of rotatable bonds is 4. The maximum Gasteiger partial charge on any atom is 0.256 e. The highest BCUT2D eigenvalue weighted by atomic mass is 79.9. The molecule has 7 heteroatoms. The lowest BCUT2D eigenvalue weighted by molar-refractivity contribution is -0.115. The number of halogens is 3. The van der Waals surface area contributed by atoms with E-state index in [1.54, 1.807) is 18.2 Å². The first kappa shape index (κ1) is 16.5. The van der Waals surface area contributed by atoms with Crippen LogP contribution in [0.25, 0.3) is 0 Å². The fourth-order valence-corrected chi connectivity index (χ4v) is 2.38. The Hall–Kier alpha value is -1.92. The monoisotopic (exact) mass is 384 g/mol. The standard InChI is InChI=1S/C15H11BrClFN2O2/c16-9-3-1-4-10(7-9)20-13(21)8-19-15(22)14-11(17)5-2-6-12(14)18/h1-7H,8H2,(H,19,22)(H,20,21). The molecule has 2 aromatic carbocycles. The second-order valence-corrected chi connectivity index (χ2v) is 5.66. The van der Waals surface area contributed by atoms with Crippen molar-refractivity contribution in [3.8, 4) is 0 Å². The van der Waals surface area contributed by atoms with Gasteiger partial charge in [0, 0.05) is 10.2 Å². The SMILES string of the molecule is O=C(CNC(=O)c1c(F)cccc1Cl)Nc1cccc(Br)c1. The van der Waals surface area contributed by atoms with Gasteiger partial charge in [-0.05, 0) is 30.3 Å². The van der Waals surface area contributed by atoms with Gasteiger partial charge in [0.2, 0.25) is 5.91 Å². The molecule has 0 aromatic heterocycles. The van der Waals surface area contributed by atoms with Crippen molar-refractivity contribution in [1.29, 1.82) is 0 Å². The smallest absolute Gasteiger partial charge is 0.256 e. The predicted octanol–water partition coefficient (Wildman–Crippen LogP) is 3.61. The number of benzene rings is 2. The van der Waals surface area contributed by atoms with Crippen LogP contribution < -0.4 is 10.6 Å². The summed E-state index contributed by atoms with van der Waals surface area (Å²) in [6.45, 7) is -0.296. The highest BCUT2D eigenvalue weighted by molar-refractivity contribution is 9.10. The predicted molar refractivity (Wildman–Crippen MR) is 86.5 cm³/mol. The van der Waals surface area contributed by atoms with Crippen molar-refractivity contribution < 1.29 is 14.0 Å². The van der Waals surface area contributed by atoms with E-state index in [4.69, 9.17) is 11.6 Å². The van der Waals surface area contributed by atoms with Crippen LogP contribution in [0.4, 0.5) is 10.1 Å². The molecular formula is C15H11BrClFN2O2. The molecule has 0 atom stereocenters. The lowest BCUT2D eigenvalue weighted by atomic mass is 10.2. The van der Waals surface area contributed by atoms with Gasteiger partial charge in [-0.3, -0.25) is 9.59 Å². The Bertz CT molecular complexity index is 704. The molecule has 0 saturated heterocycles. The third-order valence-electron chi connectivity index (χ3n) is 2.71. The van der Waals surface area contributed by atoms with Crippen molar-refractivity contribution in [3.05, 3.63) is 63.3 Å². The molecule has 0 radical (unpaired) electrons. The van der Waals surface area contributed by atoms with E-state index >= 15 is 0 Å². The first-order valence-corrected chi connectivity index (χ1v) is 7.42. The third kappa shape index (κ3) is 4.29. The van der Waals surface area contributed by atoms with Crippen LogP contribution in [0.2, 0.25) is 5.02 Å². The zero-order valence-electron chi connectivity index (χ0n) is 11.2. The van der Waals surface area contributed by atoms with Crippen molar-refractivity contribution in [1.82, 2.24) is 5.32 Å². The first-order valence-electron chi connectivity index (χ1n) is 6.25. The van der Waals surface area contributed by atoms with Crippen LogP contribution >= 0.6 is 27.5 Å². The molecule has 0 aliphatic rings. The summed E-state index contributed by atoms with van der Waals surface area (Å²) >= 11 is 9.06. The van der Waals surface area contributed by atoms with Gasteiger partial charge < -0.3 is 10.6 Å². The van der Waals surface area contributed by atoms with Crippen LogP contribution in [0.1, 0.15) is 10.4 Å². The fraction of sp³-hybridized carbons (Fsp3) is 0.0667. The summed E-state index contributed by atoms with van der Waals surface area (Å²) in [4.78, 5) is 23.6. The van der Waals surface area contributed by atoms with Crippen LogP contribution in [0.3, 0.4) is 0 Å². The normalized spacial score (nSPS) is 10.1. The maximum atomic E-state index is 13.6. The molecule has 0 heterocycles. The zero-order chi connectivity index (χ0) is 16.1. The molecule has 0 unspecified atom stereocenters. The van der Waals surface area contributed by atoms with E-state index in [1.165, 1.54) is 12.1 Å². The number of hydrogen-bond acceptors (Lipinski definition) is 2. The van der Waals surface area contributed by atoms with Crippen LogP contribution in [-0.2, 0) is 4.79 Å². The van der Waals surface area contributed by atoms with E-state index in [-0.39, 0.29) is 17.1 Å². The molecule has 2 rings (SSSR count). The lowest BCUT2D eigenvalue weighted by Gasteiger charge is -2.08. The van der Waals surface area contributed by atoms with Crippen LogP contribution in [-0.4, -0.2) is 18.4 Å². The van der Waals surface area contributed by atoms with Crippen molar-refractivity contribution >= 4 is 45.0 Å². The van der Waals surface area contributed by atoms with Crippen LogP contribution in [0.15, 0.2) is 46.9 Å². The zero-order valence-corrected chi connectivity index (χ0v) is 13.5. The number of carbonyl (C=O) groups excluding carboxylic acids is 2. The fourth-order valence-electron chi connectivity index (χ4n) is 1.74. The minimum Gasteiger partial charge on any atom is -0.343 e. The van der Waals surface area contributed by atoms with E-state index in [0.717, 1.165) is 10.5 Å². The van der Waals surface area contributed by atoms with E-state index in [2.05, 4.69) is 26.6 Å². The summed E-state index contributed by atoms with van der Waals surface area (Å²) in [5.74, 6) is -1.91. The van der Waals surface area contributed by atoms with Gasteiger partial charge in [-0.25, -0.2) is 4.39 Å². The Morgan fingerprint density at radius 1 is 1.18 bits per heavy atom. The highest BCUT2D eigenvalue weighted by Gasteiger charge is 2.16. The summed E-state index contributed by atoms with van der Waals surface area (Å²) < 4.78 is 14.4. The Labute approximate surface area is 139 Å². The van der Waals surface area contributed by atoms with Gasteiger partial charge in [0.25, 0.3) is 5.91 Å². The van der Waals surface area contributed by atoms with Gasteiger partial charge in [-0.15, -0.1) is 0 Å². The Kier molecular flexibility index (Phi) is 5.51. The topological polar surface area (TPSA) is 58.2 Å². The number of nitrogens with one attached hydrogen (secondary N) is 2. The molecule has 0 fully saturated rings. The van der Waals surface area contributed by atoms with Gasteiger partial charge >= 0.3 is 0 Å². The average molecular weight is 386 g/mol. The highest BCUT2D eigenvalue weighted by Crippen LogP contribution is 2.18. The van der Waals surface area contributed by atoms with E-state index in [0.29, 0.717) is 5.69 Å². The number of anilines is 1. The van der Waals surface area contributed by atoms with E-state index < -0.39 is 17.6 Å². The Balaban J connectivity index is 1.95. The van der Waals surface area contributed by atoms with Crippen molar-refractivity contribution in [2.24, 2.45) is 0 Å². The lowest BCUT2D eigenvalue weighted by Crippen LogP contribution is -2.33. The molecule has 2 N–H and O–H groups in total. The van der Waals surface area contributed by atoms with Crippen LogP contribution in [0.5, 0.6) is 0 Å². The molecule has 0 saturated carbocycles. The summed E-state index contributed by atoms with van der Waals surface area (Å²) in [6.07, 6.45) is 0. The molecule has 0 aliphatic heterocycles. The van der Waals surface area contributed by atoms with Gasteiger partial charge in [0.15, 0.2) is 0 Å². The minimum atomic E-state index is -0.743. The summed E-state index contributed by atoms with van der Waals surface area (Å²) in [5.41, 5.74) is 0.303. The van der Waals surface area contributed by atoms with Crippen molar-refractivity contribution in [2.75, 3.05) is 11.9 Å². The molecule has 0 spiro atoms. The molecule has 114 valence electrons. The van der Waals surface area contributed by atoms with Gasteiger partial charge in [0.05, 0.1) is 17.1 Å². The summed E-state index contributed by atoms with van der Waals surface area (Å²) in [7, 11) is 0. The Morgan fingerprint density at radius 3 is 2.59 bits per heavy atom. The maximum absolute atomic E-state index is 13.6. The molecule has 2 amide bonds. The van der Waals surface area contributed by atoms with E-state index in [9.17, 15) is 14.0 Å². The number of hydrogen-bond donors (Lipinski definition) is 2. The average Bonchev–Trinajstić information content (AvgIpc) is 2.45. The van der Waals surface area contributed by atoms with Gasteiger partial charge in [-0.2, -0.15) is 0 Å². The van der Waals surface area contributed by atoms with Gasteiger partial charge in [-0.1, -0.05) is 39.7 Å². The molecule has 0 aliphatic carbocycles. The number of carbonyl (C=O) groups is 2. The molecular weight excluding hydrogens is 375 g/mol. The second kappa shape index (κ2) is 7.38. The Morgan fingerprint density at radius 2 is 1.91 bits per heavy atom. The largest absolute Gasteiger partial charge is 0.343 e. The van der Waals surface area contributed by atoms with E-state index in [1.807, 2.05) is 6.07 Å². The molecule has 0 bridgehead atoms. The van der Waals surface area contributed by atoms with Crippen LogP contribution in [0, 0.1) is 5.82 Å². The first-order chi connectivity index (χ1) is 10.5. The van der Waals surface area contributed by atoms with Crippen molar-refractivity contribution in [2.45, 2.75) is 0 Å². The molecule has 2 aromatic rings. The minimum absolute atomic E-state index is 0.00935. The quantitative estimate of drug-likeness (QED) is 0.845. The third-order valence-corrected chi connectivity index (χ3v) is 3.52. The summed E-state index contributed by atoms with van der Waals surface area (Å²) in [6, 6.07) is 10.9. The molecule has 4 nitrogen and oxygen atoms in total.